The van der Waals surface area contributed by atoms with E-state index in [1.54, 1.807) is 6.92 Å². The number of fused-ring (bicyclic) bond motifs is 6. The minimum atomic E-state index is -1.62. The lowest BCUT2D eigenvalue weighted by Gasteiger charge is -2.60. The zero-order valence-electron chi connectivity index (χ0n) is 20.5. The third kappa shape index (κ3) is 2.86. The highest BCUT2D eigenvalue weighted by Gasteiger charge is 2.88. The van der Waals surface area contributed by atoms with Gasteiger partial charge in [0.15, 0.2) is 0 Å². The van der Waals surface area contributed by atoms with Crippen molar-refractivity contribution in [1.29, 1.82) is 0 Å². The molecule has 0 bridgehead atoms. The van der Waals surface area contributed by atoms with Crippen molar-refractivity contribution in [2.75, 3.05) is 6.61 Å². The van der Waals surface area contributed by atoms with Crippen LogP contribution in [0.3, 0.4) is 0 Å². The third-order valence-electron chi connectivity index (χ3n) is 10.8. The molecule has 0 radical (unpaired) electrons. The first kappa shape index (κ1) is 23.1. The van der Waals surface area contributed by atoms with E-state index in [1.165, 1.54) is 6.92 Å². The highest BCUT2D eigenvalue weighted by molar-refractivity contribution is 6.10. The number of carbonyl (C=O) groups excluding carboxylic acids is 3. The van der Waals surface area contributed by atoms with Crippen molar-refractivity contribution in [3.8, 4) is 0 Å². The molecule has 0 aromatic carbocycles. The third-order valence-corrected chi connectivity index (χ3v) is 10.8. The van der Waals surface area contributed by atoms with Crippen molar-refractivity contribution in [2.24, 2.45) is 40.2 Å². The van der Waals surface area contributed by atoms with Gasteiger partial charge in [0.1, 0.15) is 11.7 Å². The maximum atomic E-state index is 12.9. The lowest BCUT2D eigenvalue weighted by molar-refractivity contribution is -0.160. The fourth-order valence-corrected chi connectivity index (χ4v) is 9.33. The molecule has 1 spiro atoms. The lowest BCUT2D eigenvalue weighted by atomic mass is 9.44. The molecule has 7 heteroatoms. The van der Waals surface area contributed by atoms with Crippen LogP contribution in [-0.4, -0.2) is 41.8 Å². The number of esters is 2. The van der Waals surface area contributed by atoms with Crippen LogP contribution in [0.1, 0.15) is 85.5 Å². The Morgan fingerprint density at radius 2 is 1.73 bits per heavy atom. The molecule has 5 rings (SSSR count). The Labute approximate surface area is 196 Å². The summed E-state index contributed by atoms with van der Waals surface area (Å²) in [6, 6.07) is 0. The first-order chi connectivity index (χ1) is 15.6. The van der Waals surface area contributed by atoms with Crippen LogP contribution in [0.25, 0.3) is 0 Å². The maximum Gasteiger partial charge on any atom is 0.351 e. The van der Waals surface area contributed by atoms with Crippen molar-refractivity contribution < 1.29 is 28.6 Å². The maximum absolute atomic E-state index is 12.9. The van der Waals surface area contributed by atoms with E-state index < -0.39 is 23.1 Å². The Hall–Kier alpha value is -1.63. The summed E-state index contributed by atoms with van der Waals surface area (Å²) in [7, 11) is 0. The molecular weight excluding hydrogens is 422 g/mol. The first-order valence-electron chi connectivity index (χ1n) is 12.9. The summed E-state index contributed by atoms with van der Waals surface area (Å²) in [6.07, 6.45) is 9.02. The minimum absolute atomic E-state index is 0.0568. The molecule has 1 amide bonds. The Bertz CT molecular complexity index is 875. The van der Waals surface area contributed by atoms with Gasteiger partial charge in [0.25, 0.3) is 11.5 Å². The second-order valence-corrected chi connectivity index (χ2v) is 11.9. The molecule has 33 heavy (non-hydrogen) atoms. The predicted molar refractivity (Wildman–Crippen MR) is 120 cm³/mol. The predicted octanol–water partition coefficient (Wildman–Crippen LogP) is 3.52. The van der Waals surface area contributed by atoms with Crippen LogP contribution in [0.4, 0.5) is 0 Å². The average Bonchev–Trinajstić information content (AvgIpc) is 3.36. The molecule has 4 aliphatic carbocycles. The number of amides is 1. The van der Waals surface area contributed by atoms with E-state index in [2.05, 4.69) is 13.8 Å². The molecule has 5 fully saturated rings. The van der Waals surface area contributed by atoms with Gasteiger partial charge in [-0.1, -0.05) is 13.8 Å². The second kappa shape index (κ2) is 7.43. The average molecular weight is 462 g/mol. The van der Waals surface area contributed by atoms with Gasteiger partial charge in [-0.3, -0.25) is 9.59 Å². The van der Waals surface area contributed by atoms with Crippen molar-refractivity contribution in [3.63, 3.8) is 0 Å². The molecular formula is C26H39NO6. The summed E-state index contributed by atoms with van der Waals surface area (Å²) in [5.74, 6) is 0.684. The fraction of sp³-hybridized carbons (Fsp3) is 0.885. The molecule has 0 aromatic rings. The molecule has 0 aromatic heterocycles. The minimum Gasteiger partial charge on any atom is -0.463 e. The largest absolute Gasteiger partial charge is 0.463 e. The van der Waals surface area contributed by atoms with Crippen LogP contribution in [-0.2, 0) is 28.6 Å². The molecule has 2 N–H and O–H groups in total. The fourth-order valence-electron chi connectivity index (χ4n) is 9.33. The molecule has 7 nitrogen and oxygen atoms in total. The quantitative estimate of drug-likeness (QED) is 0.390. The van der Waals surface area contributed by atoms with Crippen molar-refractivity contribution in [1.82, 2.24) is 0 Å². The van der Waals surface area contributed by atoms with Gasteiger partial charge < -0.3 is 19.9 Å². The second-order valence-electron chi connectivity index (χ2n) is 11.9. The normalized spacial score (nSPS) is 50.0. The Morgan fingerprint density at radius 1 is 1.00 bits per heavy atom. The molecule has 9 atom stereocenters. The van der Waals surface area contributed by atoms with Crippen LogP contribution in [0.2, 0.25) is 0 Å². The van der Waals surface area contributed by atoms with Crippen molar-refractivity contribution in [3.05, 3.63) is 0 Å². The van der Waals surface area contributed by atoms with Gasteiger partial charge in [-0.05, 0) is 93.8 Å². The summed E-state index contributed by atoms with van der Waals surface area (Å²) in [5, 5.41) is 0. The topological polar surface area (TPSA) is 108 Å². The standard InChI is InChI=1S/C26H39NO6/c1-5-31-22(30)26(21(27)29)25(33-26)13-10-20-18-7-6-16-14-17(32-15(2)28)8-11-23(16,3)19(18)9-12-24(20,25)4/h16-20H,5-14H2,1-4H3,(H2,27,29)/t16-,17+,18+,19-,20-,23-,24-,25+,26+/m0/s1. The summed E-state index contributed by atoms with van der Waals surface area (Å²) in [5.41, 5.74) is 3.34. The molecule has 1 aliphatic heterocycles. The smallest absolute Gasteiger partial charge is 0.351 e. The Kier molecular flexibility index (Phi) is 5.21. The van der Waals surface area contributed by atoms with Gasteiger partial charge in [0.05, 0.1) is 6.61 Å². The van der Waals surface area contributed by atoms with E-state index in [4.69, 9.17) is 19.9 Å². The molecule has 4 saturated carbocycles. The molecule has 5 aliphatic rings. The van der Waals surface area contributed by atoms with E-state index in [0.717, 1.165) is 51.4 Å². The molecule has 0 unspecified atom stereocenters. The van der Waals surface area contributed by atoms with E-state index in [9.17, 15) is 14.4 Å². The highest BCUT2D eigenvalue weighted by atomic mass is 16.7. The molecule has 1 heterocycles. The van der Waals surface area contributed by atoms with E-state index in [0.29, 0.717) is 30.1 Å². The Balaban J connectivity index is 1.39. The van der Waals surface area contributed by atoms with Crippen LogP contribution < -0.4 is 5.73 Å². The SMILES string of the molecule is CCOC(=O)[C@@]1(C(N)=O)O[C@@]12CC[C@H]1[C@@H]3CC[C@H]4C[C@H](OC(C)=O)CC[C@]4(C)[C@H]3CC[C@@]12C. The zero-order chi connectivity index (χ0) is 23.8. The number of rotatable bonds is 4. The first-order valence-corrected chi connectivity index (χ1v) is 12.9. The van der Waals surface area contributed by atoms with Gasteiger partial charge in [0, 0.05) is 12.3 Å². The number of primary amides is 1. The number of ether oxygens (including phenoxy) is 3. The monoisotopic (exact) mass is 461 g/mol. The van der Waals surface area contributed by atoms with Crippen LogP contribution in [0.15, 0.2) is 0 Å². The zero-order valence-corrected chi connectivity index (χ0v) is 20.5. The summed E-state index contributed by atoms with van der Waals surface area (Å²) < 4.78 is 17.0. The van der Waals surface area contributed by atoms with Crippen LogP contribution >= 0.6 is 0 Å². The van der Waals surface area contributed by atoms with Gasteiger partial charge in [-0.2, -0.15) is 0 Å². The van der Waals surface area contributed by atoms with Gasteiger partial charge in [-0.25, -0.2) is 4.79 Å². The van der Waals surface area contributed by atoms with Crippen molar-refractivity contribution in [2.45, 2.75) is 103 Å². The van der Waals surface area contributed by atoms with Gasteiger partial charge >= 0.3 is 11.9 Å². The highest BCUT2D eigenvalue weighted by Crippen LogP contribution is 2.76. The summed E-state index contributed by atoms with van der Waals surface area (Å²) in [4.78, 5) is 37.0. The number of epoxide rings is 1. The van der Waals surface area contributed by atoms with Crippen molar-refractivity contribution >= 4 is 17.8 Å². The molecule has 184 valence electrons. The summed E-state index contributed by atoms with van der Waals surface area (Å²) >= 11 is 0. The lowest BCUT2D eigenvalue weighted by Crippen LogP contribution is -2.57. The number of hydrogen-bond acceptors (Lipinski definition) is 6. The van der Waals surface area contributed by atoms with E-state index in [1.807, 2.05) is 0 Å². The number of hydrogen-bond donors (Lipinski definition) is 1. The van der Waals surface area contributed by atoms with Crippen LogP contribution in [0, 0.1) is 34.5 Å². The number of carbonyl (C=O) groups is 3. The van der Waals surface area contributed by atoms with Gasteiger partial charge in [0.2, 0.25) is 0 Å². The molecule has 1 saturated heterocycles. The van der Waals surface area contributed by atoms with Crippen LogP contribution in [0.5, 0.6) is 0 Å². The number of nitrogens with two attached hydrogens (primary N) is 1. The van der Waals surface area contributed by atoms with E-state index >= 15 is 0 Å². The summed E-state index contributed by atoms with van der Waals surface area (Å²) in [6.45, 7) is 8.14. The van der Waals surface area contributed by atoms with Gasteiger partial charge in [-0.15, -0.1) is 0 Å². The Morgan fingerprint density at radius 3 is 2.39 bits per heavy atom. The van der Waals surface area contributed by atoms with E-state index in [-0.39, 0.29) is 29.5 Å².